The molecule has 0 radical (unpaired) electrons. The van der Waals surface area contributed by atoms with Crippen molar-refractivity contribution in [2.24, 2.45) is 11.0 Å². The number of hydrogen-bond donors (Lipinski definition) is 2. The number of aryl methyl sites for hydroxylation is 3. The SMILES string of the molecule is COc1cc(/C=N\NC(=O)[C@@H](CC(C)C)NC(=O)[C@H](C)Oc2ccc(Cl)cc2Cl)ccc1OCc1c(C)cc(C)cc1C. The Morgan fingerprint density at radius 3 is 2.21 bits per heavy atom. The number of amides is 2. The zero-order valence-corrected chi connectivity index (χ0v) is 27.1. The van der Waals surface area contributed by atoms with Crippen LogP contribution in [0.4, 0.5) is 0 Å². The fraction of sp³-hybridized carbons (Fsp3) is 0.364. The van der Waals surface area contributed by atoms with Crippen LogP contribution in [0.25, 0.3) is 0 Å². The fourth-order valence-corrected chi connectivity index (χ4v) is 4.98. The van der Waals surface area contributed by atoms with Gasteiger partial charge in [-0.25, -0.2) is 5.43 Å². The molecular formula is C33H39Cl2N3O5. The molecule has 0 heterocycles. The molecule has 0 spiro atoms. The molecule has 0 saturated heterocycles. The molecule has 8 nitrogen and oxygen atoms in total. The minimum Gasteiger partial charge on any atom is -0.493 e. The highest BCUT2D eigenvalue weighted by Crippen LogP contribution is 2.30. The third-order valence-corrected chi connectivity index (χ3v) is 7.23. The predicted octanol–water partition coefficient (Wildman–Crippen LogP) is 6.95. The molecule has 0 aliphatic carbocycles. The second kappa shape index (κ2) is 15.6. The van der Waals surface area contributed by atoms with Crippen LogP contribution >= 0.6 is 23.2 Å². The third kappa shape index (κ3) is 9.90. The molecule has 0 aliphatic rings. The summed E-state index contributed by atoms with van der Waals surface area (Å²) in [4.78, 5) is 25.9. The first-order valence-electron chi connectivity index (χ1n) is 14.0. The summed E-state index contributed by atoms with van der Waals surface area (Å²) in [6.07, 6.45) is 0.999. The molecule has 3 rings (SSSR count). The van der Waals surface area contributed by atoms with Crippen LogP contribution in [0.2, 0.25) is 10.0 Å². The van der Waals surface area contributed by atoms with Crippen LogP contribution in [0.1, 0.15) is 55.0 Å². The molecule has 2 N–H and O–H groups in total. The Bertz CT molecular complexity index is 1450. The summed E-state index contributed by atoms with van der Waals surface area (Å²) in [6, 6.07) is 13.6. The Hall–Kier alpha value is -3.75. The number of carbonyl (C=O) groups excluding carboxylic acids is 2. The average Bonchev–Trinajstić information content (AvgIpc) is 2.93. The zero-order valence-electron chi connectivity index (χ0n) is 25.6. The number of hydrazone groups is 1. The molecule has 0 unspecified atom stereocenters. The number of rotatable bonds is 13. The normalized spacial score (nSPS) is 12.6. The van der Waals surface area contributed by atoms with E-state index in [0.29, 0.717) is 40.9 Å². The van der Waals surface area contributed by atoms with Gasteiger partial charge in [-0.2, -0.15) is 5.10 Å². The van der Waals surface area contributed by atoms with E-state index in [9.17, 15) is 9.59 Å². The molecule has 0 fully saturated rings. The van der Waals surface area contributed by atoms with E-state index in [-0.39, 0.29) is 10.9 Å². The number of ether oxygens (including phenoxy) is 3. The van der Waals surface area contributed by atoms with Crippen molar-refractivity contribution in [3.8, 4) is 17.2 Å². The number of benzene rings is 3. The summed E-state index contributed by atoms with van der Waals surface area (Å²) in [5.41, 5.74) is 7.93. The van der Waals surface area contributed by atoms with Gasteiger partial charge in [0, 0.05) is 5.02 Å². The number of carbonyl (C=O) groups is 2. The van der Waals surface area contributed by atoms with E-state index < -0.39 is 24.0 Å². The van der Waals surface area contributed by atoms with E-state index in [1.165, 1.54) is 29.0 Å². The fourth-order valence-electron chi connectivity index (χ4n) is 4.53. The molecule has 0 bridgehead atoms. The number of nitrogens with one attached hydrogen (secondary N) is 2. The Labute approximate surface area is 263 Å². The highest BCUT2D eigenvalue weighted by molar-refractivity contribution is 6.35. The highest BCUT2D eigenvalue weighted by Gasteiger charge is 2.25. The average molecular weight is 629 g/mol. The van der Waals surface area contributed by atoms with Crippen LogP contribution in [0.3, 0.4) is 0 Å². The van der Waals surface area contributed by atoms with E-state index in [2.05, 4.69) is 48.7 Å². The monoisotopic (exact) mass is 627 g/mol. The summed E-state index contributed by atoms with van der Waals surface area (Å²) in [7, 11) is 1.57. The standard InChI is InChI=1S/C33H39Cl2N3O5/c1-19(2)12-28(37-32(39)23(6)43-29-11-9-25(34)16-27(29)35)33(40)38-36-17-24-8-10-30(31(15-24)41-7)42-18-26-21(4)13-20(3)14-22(26)5/h8-11,13-17,19,23,28H,12,18H2,1-7H3,(H,37,39)(H,38,40)/b36-17-/t23-,28+/m0/s1. The van der Waals surface area contributed by atoms with Gasteiger partial charge in [-0.3, -0.25) is 9.59 Å². The number of methoxy groups -OCH3 is 1. The van der Waals surface area contributed by atoms with Gasteiger partial charge in [0.15, 0.2) is 17.6 Å². The molecule has 3 aromatic carbocycles. The minimum atomic E-state index is -0.906. The van der Waals surface area contributed by atoms with E-state index >= 15 is 0 Å². The molecule has 2 amide bonds. The van der Waals surface area contributed by atoms with Gasteiger partial charge in [0.1, 0.15) is 18.4 Å². The molecule has 230 valence electrons. The van der Waals surface area contributed by atoms with Crippen molar-refractivity contribution < 1.29 is 23.8 Å². The predicted molar refractivity (Wildman–Crippen MR) is 172 cm³/mol. The first-order chi connectivity index (χ1) is 20.4. The van der Waals surface area contributed by atoms with Crippen molar-refractivity contribution >= 4 is 41.2 Å². The lowest BCUT2D eigenvalue weighted by Gasteiger charge is -2.22. The summed E-state index contributed by atoms with van der Waals surface area (Å²) in [6.45, 7) is 12.1. The van der Waals surface area contributed by atoms with Crippen LogP contribution in [-0.2, 0) is 16.2 Å². The van der Waals surface area contributed by atoms with Gasteiger partial charge in [0.2, 0.25) is 0 Å². The Balaban J connectivity index is 1.62. The zero-order chi connectivity index (χ0) is 31.7. The Kier molecular flexibility index (Phi) is 12.3. The summed E-state index contributed by atoms with van der Waals surface area (Å²) >= 11 is 12.1. The van der Waals surface area contributed by atoms with E-state index in [1.807, 2.05) is 19.9 Å². The van der Waals surface area contributed by atoms with Crippen molar-refractivity contribution in [2.45, 2.75) is 66.7 Å². The van der Waals surface area contributed by atoms with Gasteiger partial charge in [0.05, 0.1) is 18.3 Å². The minimum absolute atomic E-state index is 0.131. The topological polar surface area (TPSA) is 98.2 Å². The summed E-state index contributed by atoms with van der Waals surface area (Å²) in [5.74, 6) is 0.663. The second-order valence-corrected chi connectivity index (χ2v) is 11.7. The van der Waals surface area contributed by atoms with Gasteiger partial charge in [-0.1, -0.05) is 54.7 Å². The van der Waals surface area contributed by atoms with Crippen LogP contribution in [0.5, 0.6) is 17.2 Å². The van der Waals surface area contributed by atoms with E-state index in [0.717, 1.165) is 5.56 Å². The summed E-state index contributed by atoms with van der Waals surface area (Å²) in [5, 5.41) is 7.60. The van der Waals surface area contributed by atoms with Crippen LogP contribution < -0.4 is 25.0 Å². The third-order valence-electron chi connectivity index (χ3n) is 6.70. The first-order valence-corrected chi connectivity index (χ1v) is 14.8. The summed E-state index contributed by atoms with van der Waals surface area (Å²) < 4.78 is 17.3. The smallest absolute Gasteiger partial charge is 0.262 e. The maximum Gasteiger partial charge on any atom is 0.262 e. The van der Waals surface area contributed by atoms with Gasteiger partial charge < -0.3 is 19.5 Å². The first kappa shape index (κ1) is 33.7. The maximum atomic E-state index is 13.0. The molecule has 0 aliphatic heterocycles. The van der Waals surface area contributed by atoms with Crippen molar-refractivity contribution in [1.29, 1.82) is 0 Å². The quantitative estimate of drug-likeness (QED) is 0.158. The number of hydrogen-bond acceptors (Lipinski definition) is 6. The number of halogens is 2. The molecule has 10 heteroatoms. The van der Waals surface area contributed by atoms with Crippen molar-refractivity contribution in [3.63, 3.8) is 0 Å². The van der Waals surface area contributed by atoms with E-state index in [1.54, 1.807) is 38.3 Å². The van der Waals surface area contributed by atoms with Crippen molar-refractivity contribution in [2.75, 3.05) is 7.11 Å². The van der Waals surface area contributed by atoms with Crippen molar-refractivity contribution in [3.05, 3.63) is 86.4 Å². The lowest BCUT2D eigenvalue weighted by Crippen LogP contribution is -2.49. The highest BCUT2D eigenvalue weighted by atomic mass is 35.5. The van der Waals surface area contributed by atoms with Gasteiger partial charge in [-0.05, 0) is 98.7 Å². The van der Waals surface area contributed by atoms with Gasteiger partial charge in [-0.15, -0.1) is 0 Å². The second-order valence-electron chi connectivity index (χ2n) is 10.8. The number of nitrogens with zero attached hydrogens (tertiary/aromatic N) is 1. The maximum absolute atomic E-state index is 13.0. The van der Waals surface area contributed by atoms with Crippen LogP contribution in [-0.4, -0.2) is 37.3 Å². The molecule has 43 heavy (non-hydrogen) atoms. The van der Waals surface area contributed by atoms with Crippen LogP contribution in [0, 0.1) is 26.7 Å². The van der Waals surface area contributed by atoms with Crippen LogP contribution in [0.15, 0.2) is 53.6 Å². The van der Waals surface area contributed by atoms with Crippen molar-refractivity contribution in [1.82, 2.24) is 10.7 Å². The molecule has 0 aromatic heterocycles. The largest absolute Gasteiger partial charge is 0.493 e. The lowest BCUT2D eigenvalue weighted by molar-refractivity contribution is -0.132. The Morgan fingerprint density at radius 2 is 1.58 bits per heavy atom. The lowest BCUT2D eigenvalue weighted by atomic mass is 10.0. The molecule has 0 saturated carbocycles. The Morgan fingerprint density at radius 1 is 0.907 bits per heavy atom. The van der Waals surface area contributed by atoms with E-state index in [4.69, 9.17) is 37.4 Å². The van der Waals surface area contributed by atoms with Gasteiger partial charge >= 0.3 is 0 Å². The molecule has 2 atom stereocenters. The molecular weight excluding hydrogens is 589 g/mol. The molecule has 3 aromatic rings. The van der Waals surface area contributed by atoms with Gasteiger partial charge in [0.25, 0.3) is 11.8 Å².